The van der Waals surface area contributed by atoms with Crippen molar-refractivity contribution in [2.75, 3.05) is 12.3 Å². The van der Waals surface area contributed by atoms with Crippen molar-refractivity contribution in [3.8, 4) is 0 Å². The largest absolute Gasteiger partial charge is 0.433 e. The number of imidazole rings is 1. The maximum absolute atomic E-state index is 10.1. The van der Waals surface area contributed by atoms with E-state index < -0.39 is 24.5 Å². The number of nitrogen functional groups attached to an aromatic ring is 1. The van der Waals surface area contributed by atoms with Gasteiger partial charge in [-0.3, -0.25) is 4.98 Å². The molecular formula is C12H15N4O4Y-. The SMILES string of the molecule is Cc1[c-]nc(N)c2ncn(C3OC(CO)C(O)C3O)c12.[Y]. The first kappa shape index (κ1) is 16.7. The monoisotopic (exact) mass is 368 g/mol. The van der Waals surface area contributed by atoms with E-state index in [1.165, 1.54) is 6.33 Å². The van der Waals surface area contributed by atoms with Gasteiger partial charge < -0.3 is 35.3 Å². The first-order valence-electron chi connectivity index (χ1n) is 6.17. The minimum absolute atomic E-state index is 0. The Morgan fingerprint density at radius 1 is 1.43 bits per heavy atom. The Morgan fingerprint density at radius 2 is 2.14 bits per heavy atom. The van der Waals surface area contributed by atoms with E-state index in [4.69, 9.17) is 15.6 Å². The number of aliphatic hydroxyl groups excluding tert-OH is 3. The fourth-order valence-corrected chi connectivity index (χ4v) is 2.47. The molecule has 3 heterocycles. The molecule has 2 aromatic heterocycles. The van der Waals surface area contributed by atoms with E-state index in [0.717, 1.165) is 0 Å². The van der Waals surface area contributed by atoms with Crippen molar-refractivity contribution in [3.63, 3.8) is 0 Å². The number of hydrogen-bond donors (Lipinski definition) is 4. The molecule has 8 nitrogen and oxygen atoms in total. The third kappa shape index (κ3) is 2.60. The summed E-state index contributed by atoms with van der Waals surface area (Å²) < 4.78 is 7.05. The molecule has 21 heavy (non-hydrogen) atoms. The van der Waals surface area contributed by atoms with Crippen LogP contribution in [0.5, 0.6) is 0 Å². The second kappa shape index (κ2) is 6.23. The molecule has 4 unspecified atom stereocenters. The van der Waals surface area contributed by atoms with E-state index in [1.54, 1.807) is 11.5 Å². The molecule has 9 heteroatoms. The summed E-state index contributed by atoms with van der Waals surface area (Å²) in [6.07, 6.45) is 0.208. The summed E-state index contributed by atoms with van der Waals surface area (Å²) >= 11 is 0. The van der Waals surface area contributed by atoms with Crippen molar-refractivity contribution < 1.29 is 52.8 Å². The molecule has 5 N–H and O–H groups in total. The number of nitrogens with two attached hydrogens (primary N) is 1. The van der Waals surface area contributed by atoms with Crippen molar-refractivity contribution in [3.05, 3.63) is 18.1 Å². The van der Waals surface area contributed by atoms with Crippen LogP contribution in [0.2, 0.25) is 0 Å². The molecule has 1 fully saturated rings. The van der Waals surface area contributed by atoms with Crippen molar-refractivity contribution in [1.82, 2.24) is 14.5 Å². The summed E-state index contributed by atoms with van der Waals surface area (Å²) in [7, 11) is 0. The summed E-state index contributed by atoms with van der Waals surface area (Å²) in [5, 5.41) is 29.0. The Kier molecular flexibility index (Phi) is 4.97. The maximum Gasteiger partial charge on any atom is 0.154 e. The zero-order valence-corrected chi connectivity index (χ0v) is 14.2. The van der Waals surface area contributed by atoms with Gasteiger partial charge in [0, 0.05) is 44.0 Å². The topological polar surface area (TPSA) is 127 Å². The van der Waals surface area contributed by atoms with E-state index >= 15 is 0 Å². The van der Waals surface area contributed by atoms with Gasteiger partial charge in [0.15, 0.2) is 6.23 Å². The van der Waals surface area contributed by atoms with Gasteiger partial charge in [-0.1, -0.05) is 13.1 Å². The molecule has 0 amide bonds. The molecule has 111 valence electrons. The summed E-state index contributed by atoms with van der Waals surface area (Å²) in [6, 6.07) is 0. The average Bonchev–Trinajstić information content (AvgIpc) is 2.99. The molecule has 2 aromatic rings. The fourth-order valence-electron chi connectivity index (χ4n) is 2.47. The van der Waals surface area contributed by atoms with Gasteiger partial charge in [0.25, 0.3) is 0 Å². The third-order valence-electron chi connectivity index (χ3n) is 3.53. The Balaban J connectivity index is 0.00000161. The second-order valence-electron chi connectivity index (χ2n) is 4.81. The summed E-state index contributed by atoms with van der Waals surface area (Å²) in [4.78, 5) is 8.05. The average molecular weight is 368 g/mol. The Bertz CT molecular complexity index is 649. The van der Waals surface area contributed by atoms with Gasteiger partial charge >= 0.3 is 0 Å². The predicted octanol–water partition coefficient (Wildman–Crippen LogP) is -1.27. The number of ether oxygens (including phenoxy) is 1. The van der Waals surface area contributed by atoms with E-state index in [-0.39, 0.29) is 45.1 Å². The molecule has 0 saturated carbocycles. The first-order chi connectivity index (χ1) is 9.54. The van der Waals surface area contributed by atoms with Crippen LogP contribution in [0, 0.1) is 13.1 Å². The Labute approximate surface area is 145 Å². The zero-order chi connectivity index (χ0) is 14.4. The van der Waals surface area contributed by atoms with Gasteiger partial charge in [0.2, 0.25) is 0 Å². The zero-order valence-electron chi connectivity index (χ0n) is 11.3. The number of anilines is 1. The minimum Gasteiger partial charge on any atom is -0.433 e. The molecule has 0 bridgehead atoms. The van der Waals surface area contributed by atoms with E-state index in [1.807, 2.05) is 0 Å². The van der Waals surface area contributed by atoms with Crippen LogP contribution < -0.4 is 5.73 Å². The van der Waals surface area contributed by atoms with Crippen LogP contribution in [0.1, 0.15) is 11.8 Å². The number of aliphatic hydroxyl groups is 3. The number of aryl methyl sites for hydroxylation is 1. The van der Waals surface area contributed by atoms with Gasteiger partial charge in [0.1, 0.15) is 18.3 Å². The molecule has 4 atom stereocenters. The molecule has 3 rings (SSSR count). The van der Waals surface area contributed by atoms with Gasteiger partial charge in [-0.15, -0.1) is 5.56 Å². The summed E-state index contributed by atoms with van der Waals surface area (Å²) in [5.74, 6) is 0.232. The van der Waals surface area contributed by atoms with Crippen molar-refractivity contribution in [2.24, 2.45) is 0 Å². The number of fused-ring (bicyclic) bond motifs is 1. The van der Waals surface area contributed by atoms with Gasteiger partial charge in [-0.2, -0.15) is 0 Å². The minimum atomic E-state index is -1.17. The van der Waals surface area contributed by atoms with Gasteiger partial charge in [0.05, 0.1) is 12.9 Å². The second-order valence-corrected chi connectivity index (χ2v) is 4.81. The molecule has 1 aliphatic rings. The van der Waals surface area contributed by atoms with Gasteiger partial charge in [-0.25, -0.2) is 0 Å². The number of aromatic nitrogens is 3. The van der Waals surface area contributed by atoms with Crippen LogP contribution in [0.4, 0.5) is 5.82 Å². The number of pyridine rings is 1. The molecule has 0 spiro atoms. The van der Waals surface area contributed by atoms with Crippen molar-refractivity contribution in [1.29, 1.82) is 0 Å². The molecule has 1 aliphatic heterocycles. The molecule has 0 aromatic carbocycles. The Hall–Kier alpha value is -0.636. The van der Waals surface area contributed by atoms with E-state index in [0.29, 0.717) is 16.6 Å². The van der Waals surface area contributed by atoms with Crippen LogP contribution in [0.25, 0.3) is 11.0 Å². The Morgan fingerprint density at radius 3 is 2.76 bits per heavy atom. The predicted molar refractivity (Wildman–Crippen MR) is 68.5 cm³/mol. The maximum atomic E-state index is 10.1. The molecule has 1 radical (unpaired) electrons. The van der Waals surface area contributed by atoms with Crippen molar-refractivity contribution >= 4 is 16.9 Å². The quantitative estimate of drug-likeness (QED) is 0.487. The van der Waals surface area contributed by atoms with Crippen LogP contribution in [-0.4, -0.2) is 54.8 Å². The van der Waals surface area contributed by atoms with Crippen LogP contribution >= 0.6 is 0 Å². The fraction of sp³-hybridized carbons (Fsp3) is 0.500. The van der Waals surface area contributed by atoms with Crippen LogP contribution in [0.15, 0.2) is 6.33 Å². The standard InChI is InChI=1S/C12H15N4O4.Y/c1-5-2-14-11(13)7-8(5)16(4-15-7)12-10(19)9(18)6(3-17)20-12;/h4,6,9-10,12,17-19H,3H2,1H3,(H2,13,14);/q-1;. The molecule has 1 saturated heterocycles. The number of nitrogens with zero attached hydrogens (tertiary/aromatic N) is 3. The van der Waals surface area contributed by atoms with Crippen LogP contribution in [-0.2, 0) is 37.4 Å². The summed E-state index contributed by atoms with van der Waals surface area (Å²) in [5.41, 5.74) is 7.56. The van der Waals surface area contributed by atoms with E-state index in [2.05, 4.69) is 16.2 Å². The molecule has 0 aliphatic carbocycles. The third-order valence-corrected chi connectivity index (χ3v) is 3.53. The number of rotatable bonds is 2. The first-order valence-corrected chi connectivity index (χ1v) is 6.17. The van der Waals surface area contributed by atoms with Crippen molar-refractivity contribution in [2.45, 2.75) is 31.5 Å². The van der Waals surface area contributed by atoms with Crippen LogP contribution in [0.3, 0.4) is 0 Å². The van der Waals surface area contributed by atoms with Gasteiger partial charge in [-0.05, 0) is 5.52 Å². The smallest absolute Gasteiger partial charge is 0.154 e. The summed E-state index contributed by atoms with van der Waals surface area (Å²) in [6.45, 7) is 1.41. The molecular weight excluding hydrogens is 353 g/mol. The number of hydrogen-bond acceptors (Lipinski definition) is 7. The normalized spacial score (nSPS) is 28.8. The van der Waals surface area contributed by atoms with E-state index in [9.17, 15) is 10.2 Å².